The number of likely N-dealkylation sites (N-methyl/N-ethyl adjacent to an activating group) is 1. The van der Waals surface area contributed by atoms with Crippen LogP contribution in [0.3, 0.4) is 0 Å². The number of ether oxygens (including phenoxy) is 2. The number of rotatable bonds is 6. The van der Waals surface area contributed by atoms with Gasteiger partial charge in [0.2, 0.25) is 11.8 Å². The predicted molar refractivity (Wildman–Crippen MR) is 100 cm³/mol. The number of hydrogen-bond donors (Lipinski definition) is 0. The van der Waals surface area contributed by atoms with Crippen LogP contribution in [0.15, 0.2) is 12.1 Å². The Balaban J connectivity index is 2.03. The molecule has 2 rings (SSSR count). The van der Waals surface area contributed by atoms with Crippen LogP contribution in [0.1, 0.15) is 43.2 Å². The molecule has 6 heteroatoms. The molecular formula is C20H30N2O4. The quantitative estimate of drug-likeness (QED) is 0.781. The summed E-state index contributed by atoms with van der Waals surface area (Å²) in [5, 5.41) is 0. The second-order valence-electron chi connectivity index (χ2n) is 6.86. The minimum atomic E-state index is -0.0480. The van der Waals surface area contributed by atoms with Crippen LogP contribution in [0.2, 0.25) is 0 Å². The van der Waals surface area contributed by atoms with Crippen LogP contribution in [0.4, 0.5) is 0 Å². The topological polar surface area (TPSA) is 59.1 Å². The Morgan fingerprint density at radius 1 is 1.12 bits per heavy atom. The summed E-state index contributed by atoms with van der Waals surface area (Å²) in [6, 6.07) is 3.81. The zero-order chi connectivity index (χ0) is 19.1. The summed E-state index contributed by atoms with van der Waals surface area (Å²) in [4.78, 5) is 28.2. The van der Waals surface area contributed by atoms with E-state index in [9.17, 15) is 9.59 Å². The highest BCUT2D eigenvalue weighted by Gasteiger charge is 2.21. The first-order chi connectivity index (χ1) is 12.5. The number of nitrogens with zero attached hydrogens (tertiary/aromatic N) is 2. The molecule has 0 N–H and O–H groups in total. The normalized spacial score (nSPS) is 15.2. The van der Waals surface area contributed by atoms with E-state index < -0.39 is 0 Å². The van der Waals surface area contributed by atoms with Crippen molar-refractivity contribution in [1.82, 2.24) is 9.80 Å². The van der Waals surface area contributed by atoms with Gasteiger partial charge in [-0.15, -0.1) is 0 Å². The van der Waals surface area contributed by atoms with E-state index in [1.54, 1.807) is 31.1 Å². The van der Waals surface area contributed by atoms with Gasteiger partial charge in [0.15, 0.2) is 11.5 Å². The average molecular weight is 362 g/mol. The van der Waals surface area contributed by atoms with E-state index >= 15 is 0 Å². The van der Waals surface area contributed by atoms with Gasteiger partial charge >= 0.3 is 0 Å². The lowest BCUT2D eigenvalue weighted by atomic mass is 10.1. The number of methoxy groups -OCH3 is 2. The minimum Gasteiger partial charge on any atom is -0.493 e. The molecule has 1 aliphatic rings. The van der Waals surface area contributed by atoms with E-state index in [1.807, 2.05) is 19.1 Å². The highest BCUT2D eigenvalue weighted by molar-refractivity contribution is 5.84. The molecule has 0 spiro atoms. The van der Waals surface area contributed by atoms with Gasteiger partial charge in [-0.3, -0.25) is 9.59 Å². The van der Waals surface area contributed by atoms with Gasteiger partial charge in [-0.25, -0.2) is 0 Å². The monoisotopic (exact) mass is 362 g/mol. The molecule has 1 fully saturated rings. The number of carbonyl (C=O) groups excluding carboxylic acids is 2. The van der Waals surface area contributed by atoms with Crippen LogP contribution >= 0.6 is 0 Å². The maximum absolute atomic E-state index is 12.6. The summed E-state index contributed by atoms with van der Waals surface area (Å²) >= 11 is 0. The van der Waals surface area contributed by atoms with Crippen molar-refractivity contribution < 1.29 is 19.1 Å². The molecule has 1 aromatic carbocycles. The fraction of sp³-hybridized carbons (Fsp3) is 0.600. The van der Waals surface area contributed by atoms with Gasteiger partial charge in [0.1, 0.15) is 0 Å². The van der Waals surface area contributed by atoms with Crippen LogP contribution in [-0.2, 0) is 16.1 Å². The molecule has 1 saturated heterocycles. The summed E-state index contributed by atoms with van der Waals surface area (Å²) < 4.78 is 10.7. The summed E-state index contributed by atoms with van der Waals surface area (Å²) in [6.45, 7) is 3.28. The molecule has 1 heterocycles. The molecule has 0 aliphatic carbocycles. The Morgan fingerprint density at radius 2 is 1.77 bits per heavy atom. The van der Waals surface area contributed by atoms with E-state index in [1.165, 1.54) is 0 Å². The highest BCUT2D eigenvalue weighted by atomic mass is 16.5. The molecule has 0 unspecified atom stereocenters. The number of benzene rings is 1. The van der Waals surface area contributed by atoms with Crippen LogP contribution in [0, 0.1) is 6.92 Å². The molecule has 0 bridgehead atoms. The van der Waals surface area contributed by atoms with Crippen molar-refractivity contribution in [2.45, 2.75) is 45.6 Å². The number of carbonyl (C=O) groups is 2. The molecular weight excluding hydrogens is 332 g/mol. The van der Waals surface area contributed by atoms with Crippen molar-refractivity contribution in [3.63, 3.8) is 0 Å². The summed E-state index contributed by atoms with van der Waals surface area (Å²) in [5.41, 5.74) is 2.03. The van der Waals surface area contributed by atoms with Crippen molar-refractivity contribution >= 4 is 11.8 Å². The molecule has 6 nitrogen and oxygen atoms in total. The number of aryl methyl sites for hydroxylation is 1. The Labute approximate surface area is 156 Å². The molecule has 2 amide bonds. The lowest BCUT2D eigenvalue weighted by Crippen LogP contribution is -2.42. The van der Waals surface area contributed by atoms with Crippen LogP contribution in [0.5, 0.6) is 11.5 Å². The first kappa shape index (κ1) is 20.1. The van der Waals surface area contributed by atoms with Gasteiger partial charge in [0, 0.05) is 26.6 Å². The Morgan fingerprint density at radius 3 is 2.46 bits per heavy atom. The van der Waals surface area contributed by atoms with Crippen molar-refractivity contribution in [3.8, 4) is 11.5 Å². The largest absolute Gasteiger partial charge is 0.493 e. The van der Waals surface area contributed by atoms with Gasteiger partial charge in [0.05, 0.1) is 20.8 Å². The third-order valence-corrected chi connectivity index (χ3v) is 4.92. The predicted octanol–water partition coefficient (Wildman–Crippen LogP) is 2.76. The third-order valence-electron chi connectivity index (χ3n) is 4.92. The van der Waals surface area contributed by atoms with Gasteiger partial charge in [-0.1, -0.05) is 12.8 Å². The molecule has 0 aromatic heterocycles. The van der Waals surface area contributed by atoms with Crippen LogP contribution in [0.25, 0.3) is 0 Å². The smallest absolute Gasteiger partial charge is 0.242 e. The third kappa shape index (κ3) is 5.13. The first-order valence-electron chi connectivity index (χ1n) is 9.19. The Bertz CT molecular complexity index is 645. The zero-order valence-corrected chi connectivity index (χ0v) is 16.3. The van der Waals surface area contributed by atoms with E-state index in [0.717, 1.165) is 36.8 Å². The molecule has 144 valence electrons. The van der Waals surface area contributed by atoms with Gasteiger partial charge in [-0.05, 0) is 43.0 Å². The zero-order valence-electron chi connectivity index (χ0n) is 16.3. The van der Waals surface area contributed by atoms with Crippen molar-refractivity contribution in [2.75, 3.05) is 34.4 Å². The van der Waals surface area contributed by atoms with Gasteiger partial charge < -0.3 is 19.3 Å². The fourth-order valence-corrected chi connectivity index (χ4v) is 3.20. The summed E-state index contributed by atoms with van der Waals surface area (Å²) in [5.74, 6) is 1.36. The fourth-order valence-electron chi connectivity index (χ4n) is 3.20. The van der Waals surface area contributed by atoms with Crippen molar-refractivity contribution in [3.05, 3.63) is 23.3 Å². The van der Waals surface area contributed by atoms with E-state index in [-0.39, 0.29) is 18.4 Å². The Hall–Kier alpha value is -2.24. The van der Waals surface area contributed by atoms with Crippen molar-refractivity contribution in [2.24, 2.45) is 0 Å². The van der Waals surface area contributed by atoms with E-state index in [4.69, 9.17) is 9.47 Å². The molecule has 1 aliphatic heterocycles. The van der Waals surface area contributed by atoms with Crippen LogP contribution < -0.4 is 9.47 Å². The lowest BCUT2D eigenvalue weighted by Gasteiger charge is -2.27. The standard InChI is InChI=1S/C20H30N2O4/c1-15-11-17(25-3)18(26-4)12-16(15)13-21(2)20(24)14-22-10-8-6-5-7-9-19(22)23/h11-12H,5-10,13-14H2,1-4H3. The maximum atomic E-state index is 12.6. The number of hydrogen-bond acceptors (Lipinski definition) is 4. The lowest BCUT2D eigenvalue weighted by molar-refractivity contribution is -0.140. The molecule has 0 atom stereocenters. The summed E-state index contributed by atoms with van der Waals surface area (Å²) in [6.07, 6.45) is 4.66. The second kappa shape index (κ2) is 9.46. The molecule has 0 saturated carbocycles. The number of amides is 2. The first-order valence-corrected chi connectivity index (χ1v) is 9.19. The van der Waals surface area contributed by atoms with E-state index in [0.29, 0.717) is 31.0 Å². The maximum Gasteiger partial charge on any atom is 0.242 e. The Kier molecular flexibility index (Phi) is 7.30. The average Bonchev–Trinajstić information content (AvgIpc) is 2.62. The molecule has 1 aromatic rings. The number of likely N-dealkylation sites (tertiary alicyclic amines) is 1. The van der Waals surface area contributed by atoms with Gasteiger partial charge in [0.25, 0.3) is 0 Å². The van der Waals surface area contributed by atoms with Gasteiger partial charge in [-0.2, -0.15) is 0 Å². The summed E-state index contributed by atoms with van der Waals surface area (Å²) in [7, 11) is 4.97. The van der Waals surface area contributed by atoms with E-state index in [2.05, 4.69) is 0 Å². The van der Waals surface area contributed by atoms with Crippen LogP contribution in [-0.4, -0.2) is 56.0 Å². The minimum absolute atomic E-state index is 0.0480. The molecule has 0 radical (unpaired) electrons. The highest BCUT2D eigenvalue weighted by Crippen LogP contribution is 2.30. The second-order valence-corrected chi connectivity index (χ2v) is 6.86. The SMILES string of the molecule is COc1cc(C)c(CN(C)C(=O)CN2CCCCCCC2=O)cc1OC. The molecule has 26 heavy (non-hydrogen) atoms. The van der Waals surface area contributed by atoms with Crippen molar-refractivity contribution in [1.29, 1.82) is 0 Å².